The van der Waals surface area contributed by atoms with E-state index < -0.39 is 11.7 Å². The van der Waals surface area contributed by atoms with Gasteiger partial charge < -0.3 is 5.32 Å². The van der Waals surface area contributed by atoms with Crippen LogP contribution in [0.2, 0.25) is 0 Å². The average Bonchev–Trinajstić information content (AvgIpc) is 3.25. The molecule has 1 aliphatic rings. The van der Waals surface area contributed by atoms with Gasteiger partial charge in [-0.2, -0.15) is 18.3 Å². The molecule has 34 heavy (non-hydrogen) atoms. The van der Waals surface area contributed by atoms with Gasteiger partial charge in [0.05, 0.1) is 28.7 Å². The number of carbonyl (C=O) groups is 1. The number of amides is 1. The van der Waals surface area contributed by atoms with Crippen LogP contribution in [0.5, 0.6) is 0 Å². The van der Waals surface area contributed by atoms with Gasteiger partial charge in [-0.1, -0.05) is 25.1 Å². The Morgan fingerprint density at radius 3 is 2.47 bits per heavy atom. The fourth-order valence-electron chi connectivity index (χ4n) is 4.31. The number of benzene rings is 2. The lowest BCUT2D eigenvalue weighted by atomic mass is 10.0. The van der Waals surface area contributed by atoms with Crippen molar-refractivity contribution in [1.82, 2.24) is 20.0 Å². The number of nitrogens with one attached hydrogen (secondary N) is 1. The molecule has 1 aromatic heterocycles. The molecular formula is C25H26F4N4O. The maximum absolute atomic E-state index is 13.3. The summed E-state index contributed by atoms with van der Waals surface area (Å²) in [5.41, 5.74) is 1.89. The summed E-state index contributed by atoms with van der Waals surface area (Å²) in [4.78, 5) is 15.1. The van der Waals surface area contributed by atoms with E-state index in [2.05, 4.69) is 15.3 Å². The van der Waals surface area contributed by atoms with Crippen molar-refractivity contribution in [2.75, 3.05) is 13.1 Å². The molecule has 180 valence electrons. The molecule has 0 saturated carbocycles. The number of nitrogens with zero attached hydrogens (tertiary/aromatic N) is 3. The van der Waals surface area contributed by atoms with Crippen LogP contribution in [0.25, 0.3) is 5.69 Å². The second-order valence-electron chi connectivity index (χ2n) is 8.47. The molecule has 1 saturated heterocycles. The SMILES string of the molecule is CCc1c(C(=O)NC2CCN(Cc3cccc(C(F)(F)F)c3)CC2)cnn1-c1ccc(F)cc1. The monoisotopic (exact) mass is 474 g/mol. The highest BCUT2D eigenvalue weighted by Gasteiger charge is 2.30. The Hall–Kier alpha value is -3.20. The summed E-state index contributed by atoms with van der Waals surface area (Å²) in [5, 5.41) is 7.40. The highest BCUT2D eigenvalue weighted by molar-refractivity contribution is 5.95. The predicted molar refractivity (Wildman–Crippen MR) is 120 cm³/mol. The molecule has 0 unspecified atom stereocenters. The topological polar surface area (TPSA) is 50.2 Å². The molecule has 0 spiro atoms. The van der Waals surface area contributed by atoms with E-state index in [1.165, 1.54) is 30.5 Å². The molecule has 1 N–H and O–H groups in total. The van der Waals surface area contributed by atoms with Gasteiger partial charge in [-0.3, -0.25) is 9.69 Å². The molecule has 1 amide bonds. The summed E-state index contributed by atoms with van der Waals surface area (Å²) in [6.45, 7) is 3.72. The predicted octanol–water partition coefficient (Wildman–Crippen LogP) is 4.99. The second-order valence-corrected chi connectivity index (χ2v) is 8.47. The van der Waals surface area contributed by atoms with E-state index in [1.54, 1.807) is 22.9 Å². The van der Waals surface area contributed by atoms with Crippen LogP contribution in [0.4, 0.5) is 17.6 Å². The van der Waals surface area contributed by atoms with Crippen LogP contribution in [0.3, 0.4) is 0 Å². The molecule has 2 aromatic carbocycles. The Morgan fingerprint density at radius 1 is 1.12 bits per heavy atom. The van der Waals surface area contributed by atoms with E-state index >= 15 is 0 Å². The number of aromatic nitrogens is 2. The van der Waals surface area contributed by atoms with Gasteiger partial charge in [0.1, 0.15) is 5.82 Å². The zero-order chi connectivity index (χ0) is 24.3. The number of rotatable bonds is 6. The van der Waals surface area contributed by atoms with Crippen LogP contribution in [0, 0.1) is 5.82 Å². The van der Waals surface area contributed by atoms with Gasteiger partial charge in [0.15, 0.2) is 0 Å². The molecule has 5 nitrogen and oxygen atoms in total. The summed E-state index contributed by atoms with van der Waals surface area (Å²) in [7, 11) is 0. The van der Waals surface area contributed by atoms with Crippen LogP contribution >= 0.6 is 0 Å². The van der Waals surface area contributed by atoms with Crippen molar-refractivity contribution in [3.63, 3.8) is 0 Å². The van der Waals surface area contributed by atoms with Gasteiger partial charge in [0.25, 0.3) is 5.91 Å². The molecule has 0 radical (unpaired) electrons. The van der Waals surface area contributed by atoms with E-state index in [0.717, 1.165) is 11.8 Å². The lowest BCUT2D eigenvalue weighted by Gasteiger charge is -2.32. The highest BCUT2D eigenvalue weighted by atomic mass is 19.4. The third-order valence-corrected chi connectivity index (χ3v) is 6.10. The van der Waals surface area contributed by atoms with Crippen molar-refractivity contribution in [2.45, 2.75) is 44.9 Å². The Morgan fingerprint density at radius 2 is 1.82 bits per heavy atom. The number of piperidine rings is 1. The molecule has 2 heterocycles. The highest BCUT2D eigenvalue weighted by Crippen LogP contribution is 2.30. The quantitative estimate of drug-likeness (QED) is 0.513. The van der Waals surface area contributed by atoms with E-state index in [0.29, 0.717) is 55.7 Å². The van der Waals surface area contributed by atoms with Crippen LogP contribution in [0.15, 0.2) is 54.7 Å². The molecule has 9 heteroatoms. The minimum atomic E-state index is -4.35. The number of alkyl halides is 3. The summed E-state index contributed by atoms with van der Waals surface area (Å²) >= 11 is 0. The molecular weight excluding hydrogens is 448 g/mol. The zero-order valence-corrected chi connectivity index (χ0v) is 18.8. The maximum Gasteiger partial charge on any atom is 0.416 e. The van der Waals surface area contributed by atoms with E-state index in [4.69, 9.17) is 0 Å². The summed E-state index contributed by atoms with van der Waals surface area (Å²) in [6.07, 6.45) is -0.832. The second kappa shape index (κ2) is 9.97. The van der Waals surface area contributed by atoms with E-state index in [9.17, 15) is 22.4 Å². The fourth-order valence-corrected chi connectivity index (χ4v) is 4.31. The summed E-state index contributed by atoms with van der Waals surface area (Å²) in [6, 6.07) is 11.3. The minimum Gasteiger partial charge on any atom is -0.349 e. The number of likely N-dealkylation sites (tertiary alicyclic amines) is 1. The first-order valence-corrected chi connectivity index (χ1v) is 11.3. The normalized spacial score (nSPS) is 15.4. The number of hydrogen-bond acceptors (Lipinski definition) is 3. The van der Waals surface area contributed by atoms with Gasteiger partial charge in [-0.15, -0.1) is 0 Å². The minimum absolute atomic E-state index is 0.0239. The van der Waals surface area contributed by atoms with Gasteiger partial charge >= 0.3 is 6.18 Å². The van der Waals surface area contributed by atoms with Crippen molar-refractivity contribution in [3.05, 3.63) is 82.9 Å². The van der Waals surface area contributed by atoms with Gasteiger partial charge in [0, 0.05) is 25.7 Å². The zero-order valence-electron chi connectivity index (χ0n) is 18.8. The molecule has 3 aromatic rings. The Bertz CT molecular complexity index is 1130. The fraction of sp³-hybridized carbons (Fsp3) is 0.360. The molecule has 0 bridgehead atoms. The Balaban J connectivity index is 1.35. The van der Waals surface area contributed by atoms with Crippen LogP contribution in [-0.4, -0.2) is 39.7 Å². The van der Waals surface area contributed by atoms with Crippen molar-refractivity contribution in [2.24, 2.45) is 0 Å². The largest absolute Gasteiger partial charge is 0.416 e. The van der Waals surface area contributed by atoms with E-state index in [-0.39, 0.29) is 17.8 Å². The van der Waals surface area contributed by atoms with Crippen molar-refractivity contribution >= 4 is 5.91 Å². The lowest BCUT2D eigenvalue weighted by molar-refractivity contribution is -0.137. The van der Waals surface area contributed by atoms with Gasteiger partial charge in [0.2, 0.25) is 0 Å². The molecule has 4 rings (SSSR count). The lowest BCUT2D eigenvalue weighted by Crippen LogP contribution is -2.44. The smallest absolute Gasteiger partial charge is 0.349 e. The first-order chi connectivity index (χ1) is 16.2. The van der Waals surface area contributed by atoms with Crippen molar-refractivity contribution in [1.29, 1.82) is 0 Å². The first kappa shape index (κ1) is 23.9. The number of halogens is 4. The van der Waals surface area contributed by atoms with Crippen LogP contribution < -0.4 is 5.32 Å². The molecule has 1 fully saturated rings. The Labute approximate surface area is 195 Å². The molecule has 0 aliphatic carbocycles. The molecule has 0 atom stereocenters. The van der Waals surface area contributed by atoms with Gasteiger partial charge in [-0.05, 0) is 55.2 Å². The Kier molecular flexibility index (Phi) is 7.02. The average molecular weight is 475 g/mol. The standard InChI is InChI=1S/C25H26F4N4O/c1-2-23-22(15-30-33(23)21-8-6-19(26)7-9-21)24(34)31-20-10-12-32(13-11-20)16-17-4-3-5-18(14-17)25(27,28)29/h3-9,14-15,20H,2,10-13,16H2,1H3,(H,31,34). The van der Waals surface area contributed by atoms with Crippen molar-refractivity contribution < 1.29 is 22.4 Å². The summed E-state index contributed by atoms with van der Waals surface area (Å²) in [5.74, 6) is -0.548. The first-order valence-electron chi connectivity index (χ1n) is 11.3. The van der Waals surface area contributed by atoms with Crippen molar-refractivity contribution in [3.8, 4) is 5.69 Å². The number of hydrogen-bond donors (Lipinski definition) is 1. The maximum atomic E-state index is 13.3. The van der Waals surface area contributed by atoms with E-state index in [1.807, 2.05) is 6.92 Å². The number of carbonyl (C=O) groups excluding carboxylic acids is 1. The third-order valence-electron chi connectivity index (χ3n) is 6.10. The van der Waals surface area contributed by atoms with Crippen LogP contribution in [-0.2, 0) is 19.1 Å². The van der Waals surface area contributed by atoms with Gasteiger partial charge in [-0.25, -0.2) is 9.07 Å². The summed E-state index contributed by atoms with van der Waals surface area (Å²) < 4.78 is 53.8. The van der Waals surface area contributed by atoms with Crippen LogP contribution in [0.1, 0.15) is 46.9 Å². The molecule has 1 aliphatic heterocycles. The third kappa shape index (κ3) is 5.47.